The Balaban J connectivity index is 1.46. The van der Waals surface area contributed by atoms with Gasteiger partial charge in [-0.1, -0.05) is 48.5 Å². The SMILES string of the molecule is [C-]#[N+]c1ccc(CC(=O)c2cccc(CN(Cc3ccc(C#N)cc3F)C3CC3)c2)cc1. The Morgan fingerprint density at radius 2 is 1.84 bits per heavy atom. The van der Waals surface area contributed by atoms with E-state index in [2.05, 4.69) is 9.74 Å². The van der Waals surface area contributed by atoms with Gasteiger partial charge in [0.05, 0.1) is 18.2 Å². The summed E-state index contributed by atoms with van der Waals surface area (Å²) in [6, 6.07) is 21.7. The molecular weight excluding hydrogens is 401 g/mol. The van der Waals surface area contributed by atoms with Gasteiger partial charge in [-0.2, -0.15) is 5.26 Å². The van der Waals surface area contributed by atoms with E-state index in [0.717, 1.165) is 24.0 Å². The molecule has 1 fully saturated rings. The standard InChI is InChI=1S/C27H22FN3O/c1-30-24-9-6-19(7-10-24)15-27(32)22-4-2-3-21(13-22)17-31(25-11-12-25)18-23-8-5-20(16-29)14-26(23)28/h2-10,13-14,25H,11-12,15,17-18H2. The van der Waals surface area contributed by atoms with Crippen LogP contribution in [-0.4, -0.2) is 16.7 Å². The van der Waals surface area contributed by atoms with Crippen molar-refractivity contribution in [2.24, 2.45) is 0 Å². The highest BCUT2D eigenvalue weighted by molar-refractivity contribution is 5.97. The zero-order chi connectivity index (χ0) is 22.5. The van der Waals surface area contributed by atoms with Crippen LogP contribution in [0, 0.1) is 23.7 Å². The second-order valence-electron chi connectivity index (χ2n) is 8.13. The second kappa shape index (κ2) is 9.56. The molecule has 5 heteroatoms. The highest BCUT2D eigenvalue weighted by Gasteiger charge is 2.29. The molecule has 0 bridgehead atoms. The molecule has 0 saturated heterocycles. The van der Waals surface area contributed by atoms with Gasteiger partial charge >= 0.3 is 0 Å². The number of Topliss-reactive ketones (excluding diaryl/α,β-unsaturated/α-hetero) is 1. The molecule has 0 aromatic heterocycles. The number of nitrogens with zero attached hydrogens (tertiary/aromatic N) is 3. The van der Waals surface area contributed by atoms with Crippen molar-refractivity contribution in [2.75, 3.05) is 0 Å². The Labute approximate surface area is 187 Å². The van der Waals surface area contributed by atoms with Crippen molar-refractivity contribution in [3.05, 3.63) is 112 Å². The quantitative estimate of drug-likeness (QED) is 0.338. The molecule has 0 N–H and O–H groups in total. The van der Waals surface area contributed by atoms with E-state index in [1.165, 1.54) is 6.07 Å². The van der Waals surface area contributed by atoms with Crippen molar-refractivity contribution in [3.8, 4) is 6.07 Å². The summed E-state index contributed by atoms with van der Waals surface area (Å²) < 4.78 is 14.4. The summed E-state index contributed by atoms with van der Waals surface area (Å²) in [7, 11) is 0. The topological polar surface area (TPSA) is 48.5 Å². The fourth-order valence-corrected chi connectivity index (χ4v) is 3.77. The molecule has 0 unspecified atom stereocenters. The molecule has 0 atom stereocenters. The Hall–Kier alpha value is -3.80. The van der Waals surface area contributed by atoms with E-state index in [1.807, 2.05) is 42.5 Å². The molecule has 4 rings (SSSR count). The van der Waals surface area contributed by atoms with E-state index >= 15 is 0 Å². The molecule has 158 valence electrons. The fraction of sp³-hybridized carbons (Fsp3) is 0.222. The van der Waals surface area contributed by atoms with E-state index in [0.29, 0.717) is 41.5 Å². The number of halogens is 1. The summed E-state index contributed by atoms with van der Waals surface area (Å²) in [6.07, 6.45) is 2.44. The second-order valence-corrected chi connectivity index (χ2v) is 8.13. The number of hydrogen-bond acceptors (Lipinski definition) is 3. The third-order valence-corrected chi connectivity index (χ3v) is 5.68. The lowest BCUT2D eigenvalue weighted by Gasteiger charge is -2.23. The summed E-state index contributed by atoms with van der Waals surface area (Å²) in [5.74, 6) is -0.332. The van der Waals surface area contributed by atoms with Gasteiger partial charge in [0.25, 0.3) is 0 Å². The summed E-state index contributed by atoms with van der Waals surface area (Å²) >= 11 is 0. The molecule has 0 aliphatic heterocycles. The predicted molar refractivity (Wildman–Crippen MR) is 121 cm³/mol. The van der Waals surface area contributed by atoms with Crippen LogP contribution in [-0.2, 0) is 19.5 Å². The molecule has 1 saturated carbocycles. The highest BCUT2D eigenvalue weighted by atomic mass is 19.1. The molecule has 3 aromatic carbocycles. The van der Waals surface area contributed by atoms with Gasteiger partial charge in [-0.05, 0) is 42.2 Å². The summed E-state index contributed by atoms with van der Waals surface area (Å²) in [4.78, 5) is 18.4. The molecule has 0 heterocycles. The van der Waals surface area contributed by atoms with Gasteiger partial charge in [0.15, 0.2) is 11.5 Å². The molecular formula is C27H22FN3O. The summed E-state index contributed by atoms with van der Waals surface area (Å²) in [6.45, 7) is 8.12. The molecule has 32 heavy (non-hydrogen) atoms. The molecule has 1 aliphatic carbocycles. The lowest BCUT2D eigenvalue weighted by atomic mass is 10.0. The van der Waals surface area contributed by atoms with Crippen LogP contribution >= 0.6 is 0 Å². The number of hydrogen-bond donors (Lipinski definition) is 0. The van der Waals surface area contributed by atoms with Crippen molar-refractivity contribution < 1.29 is 9.18 Å². The summed E-state index contributed by atoms with van der Waals surface area (Å²) in [5, 5.41) is 8.95. The van der Waals surface area contributed by atoms with Crippen LogP contribution in [0.2, 0.25) is 0 Å². The number of carbonyl (C=O) groups is 1. The number of rotatable bonds is 8. The third kappa shape index (κ3) is 5.27. The minimum atomic E-state index is -0.358. The first-order chi connectivity index (χ1) is 15.6. The molecule has 3 aromatic rings. The molecule has 1 aliphatic rings. The average molecular weight is 423 g/mol. The van der Waals surface area contributed by atoms with Gasteiger partial charge in [-0.15, -0.1) is 0 Å². The maximum Gasteiger partial charge on any atom is 0.187 e. The Morgan fingerprint density at radius 3 is 2.50 bits per heavy atom. The van der Waals surface area contributed by atoms with Crippen molar-refractivity contribution >= 4 is 11.5 Å². The largest absolute Gasteiger partial charge is 0.294 e. The van der Waals surface area contributed by atoms with Crippen molar-refractivity contribution in [1.82, 2.24) is 4.90 Å². The monoisotopic (exact) mass is 423 g/mol. The number of carbonyl (C=O) groups excluding carboxylic acids is 1. The summed E-state index contributed by atoms with van der Waals surface area (Å²) in [5.41, 5.74) is 3.99. The van der Waals surface area contributed by atoms with Gasteiger partial charge in [-0.3, -0.25) is 9.69 Å². The Kier molecular flexibility index (Phi) is 6.40. The van der Waals surface area contributed by atoms with Gasteiger partial charge in [0, 0.05) is 36.7 Å². The van der Waals surface area contributed by atoms with Crippen LogP contribution in [0.5, 0.6) is 0 Å². The minimum Gasteiger partial charge on any atom is -0.294 e. The van der Waals surface area contributed by atoms with E-state index in [4.69, 9.17) is 11.8 Å². The van der Waals surface area contributed by atoms with Crippen LogP contribution in [0.4, 0.5) is 10.1 Å². The van der Waals surface area contributed by atoms with Crippen molar-refractivity contribution in [1.29, 1.82) is 5.26 Å². The van der Waals surface area contributed by atoms with Gasteiger partial charge in [0.2, 0.25) is 0 Å². The van der Waals surface area contributed by atoms with Crippen molar-refractivity contribution in [2.45, 2.75) is 38.4 Å². The fourth-order valence-electron chi connectivity index (χ4n) is 3.77. The van der Waals surface area contributed by atoms with Gasteiger partial charge in [-0.25, -0.2) is 9.24 Å². The van der Waals surface area contributed by atoms with E-state index in [1.54, 1.807) is 24.3 Å². The first-order valence-electron chi connectivity index (χ1n) is 10.6. The average Bonchev–Trinajstić information content (AvgIpc) is 3.66. The van der Waals surface area contributed by atoms with Crippen LogP contribution in [0.25, 0.3) is 4.85 Å². The lowest BCUT2D eigenvalue weighted by Crippen LogP contribution is -2.25. The highest BCUT2D eigenvalue weighted by Crippen LogP contribution is 2.30. The third-order valence-electron chi connectivity index (χ3n) is 5.68. The number of nitriles is 1. The normalized spacial score (nSPS) is 12.9. The zero-order valence-electron chi connectivity index (χ0n) is 17.6. The molecule has 0 spiro atoms. The number of benzene rings is 3. The van der Waals surface area contributed by atoms with Gasteiger partial charge in [0.1, 0.15) is 5.82 Å². The van der Waals surface area contributed by atoms with Crippen LogP contribution < -0.4 is 0 Å². The van der Waals surface area contributed by atoms with Gasteiger partial charge < -0.3 is 0 Å². The maximum absolute atomic E-state index is 14.4. The first-order valence-corrected chi connectivity index (χ1v) is 10.6. The Morgan fingerprint density at radius 1 is 1.06 bits per heavy atom. The van der Waals surface area contributed by atoms with Crippen LogP contribution in [0.15, 0.2) is 66.7 Å². The molecule has 4 nitrogen and oxygen atoms in total. The van der Waals surface area contributed by atoms with Crippen LogP contribution in [0.1, 0.15) is 45.5 Å². The Bertz CT molecular complexity index is 1220. The van der Waals surface area contributed by atoms with Crippen molar-refractivity contribution in [3.63, 3.8) is 0 Å². The lowest BCUT2D eigenvalue weighted by molar-refractivity contribution is 0.0992. The van der Waals surface area contributed by atoms with E-state index < -0.39 is 0 Å². The first kappa shape index (κ1) is 21.4. The van der Waals surface area contributed by atoms with E-state index in [-0.39, 0.29) is 18.0 Å². The minimum absolute atomic E-state index is 0.0264. The maximum atomic E-state index is 14.4. The van der Waals surface area contributed by atoms with E-state index in [9.17, 15) is 9.18 Å². The smallest absolute Gasteiger partial charge is 0.187 e. The van der Waals surface area contributed by atoms with Crippen LogP contribution in [0.3, 0.4) is 0 Å². The molecule has 0 amide bonds. The predicted octanol–water partition coefficient (Wildman–Crippen LogP) is 5.84. The zero-order valence-corrected chi connectivity index (χ0v) is 17.6. The molecule has 0 radical (unpaired) electrons. The number of ketones is 1.